The molecule has 18 heavy (non-hydrogen) atoms. The quantitative estimate of drug-likeness (QED) is 0.731. The molecule has 0 radical (unpaired) electrons. The molecule has 0 aromatic carbocycles. The van der Waals surface area contributed by atoms with Gasteiger partial charge in [-0.25, -0.2) is 0 Å². The first-order valence-corrected chi connectivity index (χ1v) is 7.41. The van der Waals surface area contributed by atoms with Crippen molar-refractivity contribution in [3.05, 3.63) is 0 Å². The second kappa shape index (κ2) is 6.88. The van der Waals surface area contributed by atoms with Gasteiger partial charge in [-0.05, 0) is 43.7 Å². The molecule has 2 unspecified atom stereocenters. The SMILES string of the molecule is CC(C)CNCC(C)(C)CN1CCC(C(C)O)C1. The summed E-state index contributed by atoms with van der Waals surface area (Å²) in [6, 6.07) is 0. The number of aliphatic hydroxyl groups excluding tert-OH is 1. The van der Waals surface area contributed by atoms with Crippen LogP contribution in [-0.2, 0) is 0 Å². The van der Waals surface area contributed by atoms with Crippen molar-refractivity contribution in [1.29, 1.82) is 0 Å². The zero-order valence-corrected chi connectivity index (χ0v) is 12.9. The highest BCUT2D eigenvalue weighted by molar-refractivity contribution is 4.84. The summed E-state index contributed by atoms with van der Waals surface area (Å²) in [6.45, 7) is 16.6. The van der Waals surface area contributed by atoms with Gasteiger partial charge in [-0.3, -0.25) is 0 Å². The van der Waals surface area contributed by atoms with Gasteiger partial charge in [0.05, 0.1) is 6.10 Å². The number of hydrogen-bond donors (Lipinski definition) is 2. The topological polar surface area (TPSA) is 35.5 Å². The van der Waals surface area contributed by atoms with Crippen molar-refractivity contribution in [2.24, 2.45) is 17.3 Å². The van der Waals surface area contributed by atoms with Gasteiger partial charge in [0, 0.05) is 19.6 Å². The third kappa shape index (κ3) is 5.68. The van der Waals surface area contributed by atoms with Crippen LogP contribution in [0.15, 0.2) is 0 Å². The highest BCUT2D eigenvalue weighted by atomic mass is 16.3. The van der Waals surface area contributed by atoms with Crippen LogP contribution in [0.4, 0.5) is 0 Å². The van der Waals surface area contributed by atoms with E-state index in [1.807, 2.05) is 6.92 Å². The first-order valence-electron chi connectivity index (χ1n) is 7.41. The standard InChI is InChI=1S/C15H32N2O/c1-12(2)8-16-10-15(4,5)11-17-7-6-14(9-17)13(3)18/h12-14,16,18H,6-11H2,1-5H3. The number of likely N-dealkylation sites (tertiary alicyclic amines) is 1. The molecule has 3 heteroatoms. The van der Waals surface area contributed by atoms with E-state index in [1.165, 1.54) is 0 Å². The Balaban J connectivity index is 2.28. The molecular weight excluding hydrogens is 224 g/mol. The Morgan fingerprint density at radius 1 is 1.33 bits per heavy atom. The molecule has 0 saturated carbocycles. The van der Waals surface area contributed by atoms with E-state index in [-0.39, 0.29) is 6.10 Å². The van der Waals surface area contributed by atoms with Gasteiger partial charge in [0.25, 0.3) is 0 Å². The van der Waals surface area contributed by atoms with Gasteiger partial charge >= 0.3 is 0 Å². The molecule has 0 bridgehead atoms. The van der Waals surface area contributed by atoms with Crippen LogP contribution in [0, 0.1) is 17.3 Å². The van der Waals surface area contributed by atoms with E-state index in [1.54, 1.807) is 0 Å². The van der Waals surface area contributed by atoms with Crippen molar-refractivity contribution in [2.45, 2.75) is 47.1 Å². The summed E-state index contributed by atoms with van der Waals surface area (Å²) in [4.78, 5) is 2.51. The van der Waals surface area contributed by atoms with Gasteiger partial charge in [-0.1, -0.05) is 27.7 Å². The third-order valence-corrected chi connectivity index (χ3v) is 3.80. The van der Waals surface area contributed by atoms with Crippen LogP contribution in [0.1, 0.15) is 41.0 Å². The second-order valence-electron chi connectivity index (χ2n) is 7.21. The molecule has 1 rings (SSSR count). The first-order chi connectivity index (χ1) is 8.30. The van der Waals surface area contributed by atoms with Crippen molar-refractivity contribution >= 4 is 0 Å². The molecule has 2 N–H and O–H groups in total. The molecule has 0 amide bonds. The molecule has 108 valence electrons. The van der Waals surface area contributed by atoms with E-state index in [0.29, 0.717) is 17.3 Å². The number of aliphatic hydroxyl groups is 1. The molecule has 1 heterocycles. The van der Waals surface area contributed by atoms with E-state index in [2.05, 4.69) is 37.9 Å². The van der Waals surface area contributed by atoms with E-state index in [0.717, 1.165) is 39.1 Å². The highest BCUT2D eigenvalue weighted by Crippen LogP contribution is 2.24. The highest BCUT2D eigenvalue weighted by Gasteiger charge is 2.29. The summed E-state index contributed by atoms with van der Waals surface area (Å²) >= 11 is 0. The lowest BCUT2D eigenvalue weighted by Crippen LogP contribution is -2.40. The largest absolute Gasteiger partial charge is 0.393 e. The van der Waals surface area contributed by atoms with Crippen LogP contribution in [0.5, 0.6) is 0 Å². The van der Waals surface area contributed by atoms with E-state index in [4.69, 9.17) is 0 Å². The summed E-state index contributed by atoms with van der Waals surface area (Å²) in [5.74, 6) is 1.19. The maximum absolute atomic E-state index is 9.63. The van der Waals surface area contributed by atoms with Crippen molar-refractivity contribution in [3.63, 3.8) is 0 Å². The minimum Gasteiger partial charge on any atom is -0.393 e. The molecule has 1 aliphatic heterocycles. The number of hydrogen-bond acceptors (Lipinski definition) is 3. The fourth-order valence-corrected chi connectivity index (χ4v) is 2.76. The Hall–Kier alpha value is -0.120. The lowest BCUT2D eigenvalue weighted by atomic mass is 9.92. The maximum Gasteiger partial charge on any atom is 0.0552 e. The van der Waals surface area contributed by atoms with Crippen LogP contribution in [0.3, 0.4) is 0 Å². The summed E-state index contributed by atoms with van der Waals surface area (Å²) in [5.41, 5.74) is 0.308. The first kappa shape index (κ1) is 15.9. The number of nitrogens with one attached hydrogen (secondary N) is 1. The van der Waals surface area contributed by atoms with E-state index >= 15 is 0 Å². The monoisotopic (exact) mass is 256 g/mol. The van der Waals surface area contributed by atoms with Crippen LogP contribution in [0.25, 0.3) is 0 Å². The fourth-order valence-electron chi connectivity index (χ4n) is 2.76. The molecular formula is C15H32N2O. The molecule has 1 saturated heterocycles. The summed E-state index contributed by atoms with van der Waals surface area (Å²) in [6.07, 6.45) is 0.991. The second-order valence-corrected chi connectivity index (χ2v) is 7.21. The van der Waals surface area contributed by atoms with Gasteiger partial charge in [-0.15, -0.1) is 0 Å². The third-order valence-electron chi connectivity index (χ3n) is 3.80. The fraction of sp³-hybridized carbons (Fsp3) is 1.00. The predicted molar refractivity (Wildman–Crippen MR) is 77.7 cm³/mol. The molecule has 3 nitrogen and oxygen atoms in total. The van der Waals surface area contributed by atoms with Crippen LogP contribution >= 0.6 is 0 Å². The van der Waals surface area contributed by atoms with Crippen LogP contribution in [0.2, 0.25) is 0 Å². The van der Waals surface area contributed by atoms with Gasteiger partial charge in [0.2, 0.25) is 0 Å². The zero-order chi connectivity index (χ0) is 13.8. The Bertz CT molecular complexity index is 239. The summed E-state index contributed by atoms with van der Waals surface area (Å²) < 4.78 is 0. The van der Waals surface area contributed by atoms with Gasteiger partial charge in [0.15, 0.2) is 0 Å². The number of nitrogens with zero attached hydrogens (tertiary/aromatic N) is 1. The Morgan fingerprint density at radius 3 is 2.50 bits per heavy atom. The molecule has 1 aliphatic rings. The van der Waals surface area contributed by atoms with Gasteiger partial charge < -0.3 is 15.3 Å². The van der Waals surface area contributed by atoms with Crippen molar-refractivity contribution in [2.75, 3.05) is 32.7 Å². The van der Waals surface area contributed by atoms with Crippen molar-refractivity contribution < 1.29 is 5.11 Å². The molecule has 0 spiro atoms. The van der Waals surface area contributed by atoms with E-state index < -0.39 is 0 Å². The molecule has 0 aromatic heterocycles. The Kier molecular flexibility index (Phi) is 6.09. The van der Waals surface area contributed by atoms with Gasteiger partial charge in [0.1, 0.15) is 0 Å². The van der Waals surface area contributed by atoms with Gasteiger partial charge in [-0.2, -0.15) is 0 Å². The average molecular weight is 256 g/mol. The Labute approximate surface area is 113 Å². The predicted octanol–water partition coefficient (Wildman–Crippen LogP) is 1.96. The normalized spacial score (nSPS) is 23.8. The van der Waals surface area contributed by atoms with E-state index in [9.17, 15) is 5.11 Å². The minimum absolute atomic E-state index is 0.155. The smallest absolute Gasteiger partial charge is 0.0552 e. The summed E-state index contributed by atoms with van der Waals surface area (Å²) in [5, 5.41) is 13.2. The molecule has 2 atom stereocenters. The zero-order valence-electron chi connectivity index (χ0n) is 12.9. The summed E-state index contributed by atoms with van der Waals surface area (Å²) in [7, 11) is 0. The molecule has 1 fully saturated rings. The molecule has 0 aromatic rings. The van der Waals surface area contributed by atoms with Crippen LogP contribution in [-0.4, -0.2) is 48.8 Å². The minimum atomic E-state index is -0.155. The lowest BCUT2D eigenvalue weighted by molar-refractivity contribution is 0.121. The number of rotatable bonds is 7. The maximum atomic E-state index is 9.63. The molecule has 0 aliphatic carbocycles. The van der Waals surface area contributed by atoms with Crippen LogP contribution < -0.4 is 5.32 Å². The van der Waals surface area contributed by atoms with Crippen molar-refractivity contribution in [3.8, 4) is 0 Å². The lowest BCUT2D eigenvalue weighted by Gasteiger charge is -2.31. The average Bonchev–Trinajstić information content (AvgIpc) is 2.64. The van der Waals surface area contributed by atoms with Crippen molar-refractivity contribution in [1.82, 2.24) is 10.2 Å². The Morgan fingerprint density at radius 2 is 2.00 bits per heavy atom.